The summed E-state index contributed by atoms with van der Waals surface area (Å²) in [6, 6.07) is 2.70. The minimum atomic E-state index is -4.81. The maximum Gasteiger partial charge on any atom is 0.494 e. The van der Waals surface area contributed by atoms with Crippen LogP contribution < -0.4 is 10.2 Å². The lowest BCUT2D eigenvalue weighted by molar-refractivity contribution is -0.123. The van der Waals surface area contributed by atoms with E-state index in [2.05, 4.69) is 10.3 Å². The third-order valence-corrected chi connectivity index (χ3v) is 3.21. The van der Waals surface area contributed by atoms with Crippen LogP contribution in [0.4, 0.5) is 23.8 Å². The normalized spacial score (nSPS) is 18.9. The number of aromatic nitrogens is 1. The second-order valence-corrected chi connectivity index (χ2v) is 4.53. The minimum absolute atomic E-state index is 0.231. The molecule has 2 heterocycles. The van der Waals surface area contributed by atoms with Crippen LogP contribution in [0.3, 0.4) is 0 Å². The van der Waals surface area contributed by atoms with Gasteiger partial charge >= 0.3 is 12.3 Å². The number of alkyl halides is 3. The fourth-order valence-electron chi connectivity index (χ4n) is 2.11. The lowest BCUT2D eigenvalue weighted by Crippen LogP contribution is -2.52. The third kappa shape index (κ3) is 3.01. The van der Waals surface area contributed by atoms with Crippen LogP contribution in [-0.2, 0) is 0 Å². The van der Waals surface area contributed by atoms with E-state index in [-0.39, 0.29) is 10.9 Å². The van der Waals surface area contributed by atoms with Crippen molar-refractivity contribution >= 4 is 11.8 Å². The lowest BCUT2D eigenvalue weighted by atomic mass is 10.2. The molecule has 1 aliphatic heterocycles. The Bertz CT molecular complexity index is 460. The maximum absolute atomic E-state index is 13.1. The molecule has 20 heavy (non-hydrogen) atoms. The number of urea groups is 1. The van der Waals surface area contributed by atoms with E-state index in [4.69, 9.17) is 0 Å². The average molecular weight is 288 g/mol. The molecule has 0 aromatic carbocycles. The average Bonchev–Trinajstić information content (AvgIpc) is 2.91. The number of carbonyl (C=O) groups is 1. The molecule has 1 saturated heterocycles. The van der Waals surface area contributed by atoms with Crippen molar-refractivity contribution in [1.29, 1.82) is 0 Å². The molecule has 2 amide bonds. The van der Waals surface area contributed by atoms with Crippen LogP contribution in [0, 0.1) is 0 Å². The highest BCUT2D eigenvalue weighted by Gasteiger charge is 2.45. The number of nitrogens with one attached hydrogen (secondary N) is 1. The van der Waals surface area contributed by atoms with Crippen molar-refractivity contribution in [2.24, 2.45) is 0 Å². The van der Waals surface area contributed by atoms with Crippen molar-refractivity contribution in [2.45, 2.75) is 18.8 Å². The van der Waals surface area contributed by atoms with Gasteiger partial charge in [-0.3, -0.25) is 0 Å². The standard InChI is InChI=1S/C12H15F3N4O/c1-18(9-5-7-16-8-9)11(20)19(12(13,14)15)10-4-2-3-6-17-10/h2-4,6,9,16H,5,7-8H2,1H3. The topological polar surface area (TPSA) is 48.5 Å². The van der Waals surface area contributed by atoms with Crippen molar-refractivity contribution < 1.29 is 18.0 Å². The second-order valence-electron chi connectivity index (χ2n) is 4.53. The highest BCUT2D eigenvalue weighted by atomic mass is 19.4. The number of carbonyl (C=O) groups excluding carboxylic acids is 1. The zero-order valence-corrected chi connectivity index (χ0v) is 10.9. The molecule has 0 aliphatic carbocycles. The summed E-state index contributed by atoms with van der Waals surface area (Å²) < 4.78 is 39.4. The van der Waals surface area contributed by atoms with Crippen molar-refractivity contribution in [1.82, 2.24) is 15.2 Å². The number of pyridine rings is 1. The van der Waals surface area contributed by atoms with Gasteiger partial charge in [-0.05, 0) is 25.1 Å². The van der Waals surface area contributed by atoms with E-state index in [9.17, 15) is 18.0 Å². The van der Waals surface area contributed by atoms with Gasteiger partial charge in [0.2, 0.25) is 0 Å². The van der Waals surface area contributed by atoms with Crippen LogP contribution >= 0.6 is 0 Å². The van der Waals surface area contributed by atoms with Gasteiger partial charge < -0.3 is 10.2 Å². The summed E-state index contributed by atoms with van der Waals surface area (Å²) in [4.78, 5) is 16.6. The molecule has 0 saturated carbocycles. The predicted molar refractivity (Wildman–Crippen MR) is 67.2 cm³/mol. The third-order valence-electron chi connectivity index (χ3n) is 3.21. The molecule has 0 bridgehead atoms. The Balaban J connectivity index is 2.25. The number of rotatable bonds is 2. The zero-order valence-electron chi connectivity index (χ0n) is 10.9. The predicted octanol–water partition coefficient (Wildman–Crippen LogP) is 1.82. The molecule has 1 aromatic rings. The van der Waals surface area contributed by atoms with E-state index in [1.165, 1.54) is 25.4 Å². The fourth-order valence-corrected chi connectivity index (χ4v) is 2.11. The molecule has 1 atom stereocenters. The smallest absolute Gasteiger partial charge is 0.323 e. The largest absolute Gasteiger partial charge is 0.494 e. The van der Waals surface area contributed by atoms with Gasteiger partial charge in [-0.1, -0.05) is 6.07 Å². The van der Waals surface area contributed by atoms with Gasteiger partial charge in [-0.25, -0.2) is 9.78 Å². The minimum Gasteiger partial charge on any atom is -0.323 e. The van der Waals surface area contributed by atoms with Crippen LogP contribution in [0.2, 0.25) is 0 Å². The summed E-state index contributed by atoms with van der Waals surface area (Å²) in [5, 5.41) is 3.02. The first kappa shape index (κ1) is 14.6. The van der Waals surface area contributed by atoms with Gasteiger partial charge in [-0.2, -0.15) is 4.90 Å². The first-order valence-electron chi connectivity index (χ1n) is 6.16. The summed E-state index contributed by atoms with van der Waals surface area (Å²) in [5.74, 6) is -0.428. The summed E-state index contributed by atoms with van der Waals surface area (Å²) in [7, 11) is 1.38. The zero-order chi connectivity index (χ0) is 14.8. The van der Waals surface area contributed by atoms with Crippen LogP contribution in [0.5, 0.6) is 0 Å². The number of anilines is 1. The molecule has 8 heteroatoms. The molecule has 1 aromatic heterocycles. The van der Waals surface area contributed by atoms with E-state index in [1.807, 2.05) is 0 Å². The molecule has 5 nitrogen and oxygen atoms in total. The van der Waals surface area contributed by atoms with E-state index >= 15 is 0 Å². The van der Waals surface area contributed by atoms with Gasteiger partial charge in [0, 0.05) is 25.8 Å². The Labute approximate surface area is 114 Å². The molecule has 2 rings (SSSR count). The van der Waals surface area contributed by atoms with E-state index < -0.39 is 18.1 Å². The second kappa shape index (κ2) is 5.66. The van der Waals surface area contributed by atoms with Gasteiger partial charge in [0.15, 0.2) is 0 Å². The molecule has 0 spiro atoms. The molecule has 1 aliphatic rings. The summed E-state index contributed by atoms with van der Waals surface area (Å²) in [5.41, 5.74) is 0. The highest BCUT2D eigenvalue weighted by molar-refractivity contribution is 5.91. The van der Waals surface area contributed by atoms with Crippen LogP contribution in [0.1, 0.15) is 6.42 Å². The molecular formula is C12H15F3N4O. The first-order valence-corrected chi connectivity index (χ1v) is 6.16. The van der Waals surface area contributed by atoms with Crippen LogP contribution in [0.15, 0.2) is 24.4 Å². The Morgan fingerprint density at radius 1 is 1.45 bits per heavy atom. The van der Waals surface area contributed by atoms with Crippen molar-refractivity contribution in [3.05, 3.63) is 24.4 Å². The first-order chi connectivity index (χ1) is 9.41. The SMILES string of the molecule is CN(C(=O)N(c1ccccn1)C(F)(F)F)C1CCNC1. The molecular weight excluding hydrogens is 273 g/mol. The Morgan fingerprint density at radius 2 is 2.20 bits per heavy atom. The van der Waals surface area contributed by atoms with Crippen molar-refractivity contribution in [3.8, 4) is 0 Å². The number of likely N-dealkylation sites (N-methyl/N-ethyl adjacent to an activating group) is 1. The van der Waals surface area contributed by atoms with Gasteiger partial charge in [-0.15, -0.1) is 13.2 Å². The van der Waals surface area contributed by atoms with Gasteiger partial charge in [0.25, 0.3) is 0 Å². The van der Waals surface area contributed by atoms with Gasteiger partial charge in [0.1, 0.15) is 5.82 Å². The lowest BCUT2D eigenvalue weighted by Gasteiger charge is -2.31. The van der Waals surface area contributed by atoms with Crippen molar-refractivity contribution in [3.63, 3.8) is 0 Å². The summed E-state index contributed by atoms with van der Waals surface area (Å²) in [6.07, 6.45) is -2.96. The van der Waals surface area contributed by atoms with Crippen molar-refractivity contribution in [2.75, 3.05) is 25.0 Å². The fraction of sp³-hybridized carbons (Fsp3) is 0.500. The van der Waals surface area contributed by atoms with Gasteiger partial charge in [0.05, 0.1) is 0 Å². The summed E-state index contributed by atoms with van der Waals surface area (Å²) in [6.45, 7) is 1.19. The number of nitrogens with zero attached hydrogens (tertiary/aromatic N) is 3. The molecule has 1 unspecified atom stereocenters. The Kier molecular flexibility index (Phi) is 4.12. The van der Waals surface area contributed by atoms with Crippen LogP contribution in [-0.4, -0.2) is 48.4 Å². The molecule has 110 valence electrons. The quantitative estimate of drug-likeness (QED) is 0.845. The van der Waals surface area contributed by atoms with Crippen LogP contribution in [0.25, 0.3) is 0 Å². The molecule has 1 N–H and O–H groups in total. The number of hydrogen-bond acceptors (Lipinski definition) is 3. The Morgan fingerprint density at radius 3 is 2.70 bits per heavy atom. The monoisotopic (exact) mass is 288 g/mol. The van der Waals surface area contributed by atoms with E-state index in [0.29, 0.717) is 19.5 Å². The number of hydrogen-bond donors (Lipinski definition) is 1. The number of halogens is 3. The van der Waals surface area contributed by atoms with E-state index in [0.717, 1.165) is 11.0 Å². The highest BCUT2D eigenvalue weighted by Crippen LogP contribution is 2.28. The number of amides is 2. The Hall–Kier alpha value is -1.83. The maximum atomic E-state index is 13.1. The molecule has 0 radical (unpaired) electrons. The summed E-state index contributed by atoms with van der Waals surface area (Å²) >= 11 is 0. The molecule has 1 fully saturated rings. The van der Waals surface area contributed by atoms with E-state index in [1.54, 1.807) is 0 Å².